The number of aromatic hydroxyl groups is 1. The Morgan fingerprint density at radius 2 is 2.00 bits per heavy atom. The summed E-state index contributed by atoms with van der Waals surface area (Å²) in [7, 11) is 0. The van der Waals surface area contributed by atoms with E-state index in [0.717, 1.165) is 25.8 Å². The Bertz CT molecular complexity index is 763. The van der Waals surface area contributed by atoms with Crippen LogP contribution in [0.3, 0.4) is 0 Å². The minimum absolute atomic E-state index is 0.262. The van der Waals surface area contributed by atoms with E-state index in [4.69, 9.17) is 0 Å². The molecule has 0 fully saturated rings. The van der Waals surface area contributed by atoms with E-state index < -0.39 is 0 Å². The third-order valence-corrected chi connectivity index (χ3v) is 4.79. The zero-order chi connectivity index (χ0) is 13.9. The van der Waals surface area contributed by atoms with Crippen LogP contribution in [0.25, 0.3) is 10.2 Å². The van der Waals surface area contributed by atoms with Gasteiger partial charge in [0.15, 0.2) is 4.34 Å². The highest BCUT2D eigenvalue weighted by Gasteiger charge is 2.03. The maximum Gasteiger partial charge on any atom is 0.150 e. The molecule has 0 radical (unpaired) electrons. The molecule has 2 aromatic carbocycles. The van der Waals surface area contributed by atoms with E-state index >= 15 is 0 Å². The molecule has 3 nitrogen and oxygen atoms in total. The predicted molar refractivity (Wildman–Crippen MR) is 86.8 cm³/mol. The summed E-state index contributed by atoms with van der Waals surface area (Å²) in [6.07, 6.45) is 3.82. The molecule has 0 atom stereocenters. The zero-order valence-electron chi connectivity index (χ0n) is 10.8. The van der Waals surface area contributed by atoms with Crippen LogP contribution in [0.4, 0.5) is 5.69 Å². The van der Waals surface area contributed by atoms with Crippen molar-refractivity contribution in [3.8, 4) is 5.75 Å². The van der Waals surface area contributed by atoms with Gasteiger partial charge in [-0.2, -0.15) is 0 Å². The van der Waals surface area contributed by atoms with Gasteiger partial charge in [0.1, 0.15) is 5.75 Å². The van der Waals surface area contributed by atoms with E-state index in [-0.39, 0.29) is 5.75 Å². The molecule has 0 amide bonds. The van der Waals surface area contributed by atoms with Crippen molar-refractivity contribution < 1.29 is 5.11 Å². The second-order valence-corrected chi connectivity index (χ2v) is 6.27. The van der Waals surface area contributed by atoms with Crippen LogP contribution in [-0.4, -0.2) is 22.6 Å². The summed E-state index contributed by atoms with van der Waals surface area (Å²) >= 11 is 3.34. The monoisotopic (exact) mass is 300 g/mol. The number of thiazole rings is 1. The van der Waals surface area contributed by atoms with Crippen molar-refractivity contribution in [1.82, 2.24) is 4.98 Å². The predicted octanol–water partition coefficient (Wildman–Crippen LogP) is 4.47. The largest absolute Gasteiger partial charge is 0.508 e. The van der Waals surface area contributed by atoms with Crippen LogP contribution < -0.4 is 0 Å². The van der Waals surface area contributed by atoms with Gasteiger partial charge in [0.05, 0.1) is 15.9 Å². The van der Waals surface area contributed by atoms with Crippen LogP contribution >= 0.6 is 23.1 Å². The standard InChI is InChI=1S/C15H12N2OS2/c1-19-15-17-13-7-4-11(8-14(13)20-15)16-9-10-2-5-12(18)6-3-10/h2-9,18H,1H3. The van der Waals surface area contributed by atoms with Gasteiger partial charge in [-0.3, -0.25) is 4.99 Å². The molecule has 0 saturated carbocycles. The third-order valence-electron chi connectivity index (χ3n) is 2.78. The fraction of sp³-hybridized carbons (Fsp3) is 0.0667. The first kappa shape index (κ1) is 13.1. The average Bonchev–Trinajstić information content (AvgIpc) is 2.89. The van der Waals surface area contributed by atoms with Crippen LogP contribution in [-0.2, 0) is 0 Å². The normalized spacial score (nSPS) is 11.4. The number of fused-ring (bicyclic) bond motifs is 1. The smallest absolute Gasteiger partial charge is 0.150 e. The lowest BCUT2D eigenvalue weighted by Crippen LogP contribution is -1.78. The van der Waals surface area contributed by atoms with Gasteiger partial charge in [-0.1, -0.05) is 11.8 Å². The van der Waals surface area contributed by atoms with Crippen molar-refractivity contribution in [3.05, 3.63) is 48.0 Å². The Morgan fingerprint density at radius 3 is 2.75 bits per heavy atom. The first-order chi connectivity index (χ1) is 9.74. The molecule has 0 aliphatic carbocycles. The highest BCUT2D eigenvalue weighted by molar-refractivity contribution is 8.00. The van der Waals surface area contributed by atoms with Crippen LogP contribution in [0, 0.1) is 0 Å². The number of aliphatic imine (C=N–C) groups is 1. The molecule has 5 heteroatoms. The average molecular weight is 300 g/mol. The molecular formula is C15H12N2OS2. The summed E-state index contributed by atoms with van der Waals surface area (Å²) in [5.74, 6) is 0.262. The van der Waals surface area contributed by atoms with Gasteiger partial charge < -0.3 is 5.11 Å². The molecule has 3 rings (SSSR count). The number of hydrogen-bond acceptors (Lipinski definition) is 5. The summed E-state index contributed by atoms with van der Waals surface area (Å²) in [5, 5.41) is 9.23. The topological polar surface area (TPSA) is 45.5 Å². The number of hydrogen-bond donors (Lipinski definition) is 1. The molecule has 0 bridgehead atoms. The Hall–Kier alpha value is -1.85. The molecule has 0 aliphatic heterocycles. The van der Waals surface area contributed by atoms with Gasteiger partial charge >= 0.3 is 0 Å². The second kappa shape index (κ2) is 5.64. The van der Waals surface area contributed by atoms with E-state index in [9.17, 15) is 5.11 Å². The Labute approximate surface area is 125 Å². The van der Waals surface area contributed by atoms with Gasteiger partial charge in [0.25, 0.3) is 0 Å². The van der Waals surface area contributed by atoms with Crippen molar-refractivity contribution in [2.24, 2.45) is 4.99 Å². The SMILES string of the molecule is CSc1nc2ccc(N=Cc3ccc(O)cc3)cc2s1. The lowest BCUT2D eigenvalue weighted by molar-refractivity contribution is 0.475. The van der Waals surface area contributed by atoms with E-state index in [0.29, 0.717) is 0 Å². The first-order valence-electron chi connectivity index (χ1n) is 6.02. The van der Waals surface area contributed by atoms with Gasteiger partial charge in [0.2, 0.25) is 0 Å². The quantitative estimate of drug-likeness (QED) is 0.573. The van der Waals surface area contributed by atoms with Crippen molar-refractivity contribution in [1.29, 1.82) is 0 Å². The number of phenols is 1. The number of rotatable bonds is 3. The lowest BCUT2D eigenvalue weighted by Gasteiger charge is -1.95. The Kier molecular flexibility index (Phi) is 3.71. The van der Waals surface area contributed by atoms with E-state index in [2.05, 4.69) is 9.98 Å². The molecule has 0 spiro atoms. The number of thioether (sulfide) groups is 1. The fourth-order valence-corrected chi connectivity index (χ4v) is 3.29. The second-order valence-electron chi connectivity index (χ2n) is 4.19. The summed E-state index contributed by atoms with van der Waals surface area (Å²) in [6.45, 7) is 0. The van der Waals surface area contributed by atoms with Crippen LogP contribution in [0.1, 0.15) is 5.56 Å². The molecule has 0 unspecified atom stereocenters. The van der Waals surface area contributed by atoms with Crippen molar-refractivity contribution in [3.63, 3.8) is 0 Å². The minimum Gasteiger partial charge on any atom is -0.508 e. The maximum atomic E-state index is 9.23. The van der Waals surface area contributed by atoms with E-state index in [1.165, 1.54) is 0 Å². The highest BCUT2D eigenvalue weighted by atomic mass is 32.2. The molecule has 3 aromatic rings. The van der Waals surface area contributed by atoms with Crippen LogP contribution in [0.2, 0.25) is 0 Å². The van der Waals surface area contributed by atoms with Crippen molar-refractivity contribution >= 4 is 45.2 Å². The Morgan fingerprint density at radius 1 is 1.20 bits per heavy atom. The molecular weight excluding hydrogens is 288 g/mol. The minimum atomic E-state index is 0.262. The number of phenolic OH excluding ortho intramolecular Hbond substituents is 1. The summed E-state index contributed by atoms with van der Waals surface area (Å²) in [5.41, 5.74) is 2.88. The molecule has 0 saturated heterocycles. The fourth-order valence-electron chi connectivity index (χ4n) is 1.77. The summed E-state index contributed by atoms with van der Waals surface area (Å²) in [6, 6.07) is 13.0. The third kappa shape index (κ3) is 2.84. The molecule has 100 valence electrons. The number of nitrogens with zero attached hydrogens (tertiary/aromatic N) is 2. The zero-order valence-corrected chi connectivity index (χ0v) is 12.4. The molecule has 0 aliphatic rings. The van der Waals surface area contributed by atoms with Crippen LogP contribution in [0.15, 0.2) is 51.8 Å². The van der Waals surface area contributed by atoms with Gasteiger partial charge in [0, 0.05) is 6.21 Å². The first-order valence-corrected chi connectivity index (χ1v) is 8.06. The lowest BCUT2D eigenvalue weighted by atomic mass is 10.2. The summed E-state index contributed by atoms with van der Waals surface area (Å²) in [4.78, 5) is 8.96. The van der Waals surface area contributed by atoms with Gasteiger partial charge in [-0.05, 0) is 54.3 Å². The molecule has 20 heavy (non-hydrogen) atoms. The highest BCUT2D eigenvalue weighted by Crippen LogP contribution is 2.30. The maximum absolute atomic E-state index is 9.23. The summed E-state index contributed by atoms with van der Waals surface area (Å²) < 4.78 is 2.22. The Balaban J connectivity index is 1.88. The number of aromatic nitrogens is 1. The van der Waals surface area contributed by atoms with Gasteiger partial charge in [-0.25, -0.2) is 4.98 Å². The van der Waals surface area contributed by atoms with Crippen LogP contribution in [0.5, 0.6) is 5.75 Å². The molecule has 1 heterocycles. The number of benzene rings is 2. The van der Waals surface area contributed by atoms with Gasteiger partial charge in [-0.15, -0.1) is 11.3 Å². The van der Waals surface area contributed by atoms with Crippen molar-refractivity contribution in [2.75, 3.05) is 6.26 Å². The van der Waals surface area contributed by atoms with E-state index in [1.54, 1.807) is 41.4 Å². The molecule has 1 aromatic heterocycles. The van der Waals surface area contributed by atoms with E-state index in [1.807, 2.05) is 36.6 Å². The molecule has 1 N–H and O–H groups in total. The van der Waals surface area contributed by atoms with Crippen molar-refractivity contribution in [2.45, 2.75) is 4.34 Å².